The molecule has 2 rings (SSSR count). The van der Waals surface area contributed by atoms with E-state index in [-0.39, 0.29) is 5.69 Å². The second-order valence-electron chi connectivity index (χ2n) is 4.34. The van der Waals surface area contributed by atoms with Gasteiger partial charge in [-0.1, -0.05) is 0 Å². The number of rotatable bonds is 4. The molecule has 19 heavy (non-hydrogen) atoms. The van der Waals surface area contributed by atoms with Gasteiger partial charge in [-0.05, 0) is 18.6 Å². The van der Waals surface area contributed by atoms with Crippen LogP contribution in [-0.2, 0) is 0 Å². The Bertz CT molecular complexity index is 606. The summed E-state index contributed by atoms with van der Waals surface area (Å²) < 4.78 is 0. The molecule has 7 heteroatoms. The summed E-state index contributed by atoms with van der Waals surface area (Å²) in [6, 6.07) is 1.55. The Labute approximate surface area is 110 Å². The van der Waals surface area contributed by atoms with Crippen molar-refractivity contribution in [3.8, 4) is 11.3 Å². The topological polar surface area (TPSA) is 94.1 Å². The highest BCUT2D eigenvalue weighted by atomic mass is 16.4. The second-order valence-corrected chi connectivity index (χ2v) is 4.34. The molecule has 2 aromatic rings. The summed E-state index contributed by atoms with van der Waals surface area (Å²) in [5, 5.41) is 10.6. The minimum absolute atomic E-state index is 0.134. The Balaban J connectivity index is 2.39. The molecule has 0 radical (unpaired) electrons. The standard InChI is InChI=1S/C12H15N5O2/c1-7-5-14-12(16-17(2)3)15-10(7)8-4-9(11(18)19)13-6-8/h4-6,13H,1-3H3,(H,18,19)(H,14,15,16). The molecule has 0 spiro atoms. The molecule has 0 aliphatic heterocycles. The van der Waals surface area contributed by atoms with Crippen molar-refractivity contribution in [1.29, 1.82) is 0 Å². The van der Waals surface area contributed by atoms with Crippen LogP contribution in [0.5, 0.6) is 0 Å². The maximum atomic E-state index is 10.9. The van der Waals surface area contributed by atoms with Gasteiger partial charge < -0.3 is 10.1 Å². The van der Waals surface area contributed by atoms with E-state index in [4.69, 9.17) is 5.11 Å². The predicted octanol–water partition coefficient (Wildman–Crippen LogP) is 1.37. The van der Waals surface area contributed by atoms with E-state index in [0.717, 1.165) is 11.1 Å². The van der Waals surface area contributed by atoms with Crippen LogP contribution in [0, 0.1) is 6.92 Å². The minimum Gasteiger partial charge on any atom is -0.477 e. The van der Waals surface area contributed by atoms with Crippen molar-refractivity contribution in [3.05, 3.63) is 29.7 Å². The molecule has 0 fully saturated rings. The Morgan fingerprint density at radius 3 is 2.79 bits per heavy atom. The van der Waals surface area contributed by atoms with E-state index in [2.05, 4.69) is 20.4 Å². The fourth-order valence-electron chi connectivity index (χ4n) is 1.64. The minimum atomic E-state index is -0.996. The third-order valence-electron chi connectivity index (χ3n) is 2.48. The Hall–Kier alpha value is -2.41. The number of H-pyrrole nitrogens is 1. The van der Waals surface area contributed by atoms with Crippen LogP contribution in [-0.4, -0.2) is 45.1 Å². The smallest absolute Gasteiger partial charge is 0.352 e. The Morgan fingerprint density at radius 1 is 1.47 bits per heavy atom. The van der Waals surface area contributed by atoms with Crippen LogP contribution in [0.25, 0.3) is 11.3 Å². The van der Waals surface area contributed by atoms with Gasteiger partial charge in [-0.15, -0.1) is 0 Å². The molecule has 0 aliphatic rings. The highest BCUT2D eigenvalue weighted by Crippen LogP contribution is 2.22. The van der Waals surface area contributed by atoms with Gasteiger partial charge in [0.05, 0.1) is 5.69 Å². The number of hydrogen-bond donors (Lipinski definition) is 3. The van der Waals surface area contributed by atoms with Crippen LogP contribution in [0.3, 0.4) is 0 Å². The van der Waals surface area contributed by atoms with E-state index in [1.165, 1.54) is 0 Å². The molecule has 0 unspecified atom stereocenters. The van der Waals surface area contributed by atoms with Gasteiger partial charge >= 0.3 is 5.97 Å². The first-order valence-corrected chi connectivity index (χ1v) is 5.67. The summed E-state index contributed by atoms with van der Waals surface area (Å²) in [5.74, 6) is -0.534. The van der Waals surface area contributed by atoms with Crippen molar-refractivity contribution in [2.75, 3.05) is 19.5 Å². The predicted molar refractivity (Wildman–Crippen MR) is 70.8 cm³/mol. The molecule has 0 atom stereocenters. The number of hydrazine groups is 1. The molecule has 0 bridgehead atoms. The molecule has 0 saturated carbocycles. The van der Waals surface area contributed by atoms with Gasteiger partial charge in [0.15, 0.2) is 0 Å². The number of carboxylic acids is 1. The zero-order valence-corrected chi connectivity index (χ0v) is 10.9. The number of nitrogens with zero attached hydrogens (tertiary/aromatic N) is 3. The van der Waals surface area contributed by atoms with E-state index >= 15 is 0 Å². The van der Waals surface area contributed by atoms with E-state index in [1.807, 2.05) is 21.0 Å². The van der Waals surface area contributed by atoms with Gasteiger partial charge in [-0.3, -0.25) is 5.43 Å². The monoisotopic (exact) mass is 261 g/mol. The summed E-state index contributed by atoms with van der Waals surface area (Å²) in [7, 11) is 3.67. The third kappa shape index (κ3) is 2.89. The first kappa shape index (κ1) is 13.0. The lowest BCUT2D eigenvalue weighted by Gasteiger charge is -2.12. The maximum Gasteiger partial charge on any atom is 0.352 e. The molecular formula is C12H15N5O2. The number of aromatic amines is 1. The summed E-state index contributed by atoms with van der Waals surface area (Å²) in [5.41, 5.74) is 5.38. The fourth-order valence-corrected chi connectivity index (χ4v) is 1.64. The summed E-state index contributed by atoms with van der Waals surface area (Å²) in [6.07, 6.45) is 3.32. The van der Waals surface area contributed by atoms with Crippen LogP contribution < -0.4 is 5.43 Å². The van der Waals surface area contributed by atoms with Crippen LogP contribution in [0.1, 0.15) is 16.1 Å². The van der Waals surface area contributed by atoms with Crippen LogP contribution in [0.2, 0.25) is 0 Å². The molecule has 2 heterocycles. The van der Waals surface area contributed by atoms with Gasteiger partial charge in [0, 0.05) is 32.1 Å². The van der Waals surface area contributed by atoms with Gasteiger partial charge in [-0.25, -0.2) is 19.8 Å². The lowest BCUT2D eigenvalue weighted by molar-refractivity contribution is 0.0691. The van der Waals surface area contributed by atoms with Crippen LogP contribution in [0.4, 0.5) is 5.95 Å². The van der Waals surface area contributed by atoms with Crippen LogP contribution >= 0.6 is 0 Å². The SMILES string of the molecule is Cc1cnc(NN(C)C)nc1-c1c[nH]c(C(=O)O)c1. The molecular weight excluding hydrogens is 246 g/mol. The molecule has 0 amide bonds. The number of nitrogens with one attached hydrogen (secondary N) is 2. The Kier molecular flexibility index (Phi) is 3.48. The number of aromatic carboxylic acids is 1. The molecule has 3 N–H and O–H groups in total. The normalized spacial score (nSPS) is 10.7. The summed E-state index contributed by atoms with van der Waals surface area (Å²) in [4.78, 5) is 22.1. The number of hydrogen-bond acceptors (Lipinski definition) is 5. The zero-order chi connectivity index (χ0) is 14.0. The van der Waals surface area contributed by atoms with Crippen molar-refractivity contribution < 1.29 is 9.90 Å². The molecule has 0 aliphatic carbocycles. The van der Waals surface area contributed by atoms with Crippen molar-refractivity contribution >= 4 is 11.9 Å². The average Bonchev–Trinajstić information content (AvgIpc) is 2.80. The molecule has 0 aromatic carbocycles. The van der Waals surface area contributed by atoms with Crippen molar-refractivity contribution in [2.45, 2.75) is 6.92 Å². The molecule has 2 aromatic heterocycles. The van der Waals surface area contributed by atoms with Gasteiger partial charge in [0.1, 0.15) is 5.69 Å². The number of aryl methyl sites for hydroxylation is 1. The number of aromatic nitrogens is 3. The maximum absolute atomic E-state index is 10.9. The highest BCUT2D eigenvalue weighted by molar-refractivity contribution is 5.87. The fraction of sp³-hybridized carbons (Fsp3) is 0.250. The first-order chi connectivity index (χ1) is 8.97. The van der Waals surface area contributed by atoms with E-state index < -0.39 is 5.97 Å². The van der Waals surface area contributed by atoms with E-state index in [9.17, 15) is 4.79 Å². The summed E-state index contributed by atoms with van der Waals surface area (Å²) >= 11 is 0. The lowest BCUT2D eigenvalue weighted by atomic mass is 10.1. The van der Waals surface area contributed by atoms with Crippen molar-refractivity contribution in [3.63, 3.8) is 0 Å². The van der Waals surface area contributed by atoms with Crippen molar-refractivity contribution in [2.24, 2.45) is 0 Å². The van der Waals surface area contributed by atoms with E-state index in [1.54, 1.807) is 23.5 Å². The van der Waals surface area contributed by atoms with Gasteiger partial charge in [0.25, 0.3) is 0 Å². The Morgan fingerprint density at radius 2 is 2.21 bits per heavy atom. The number of anilines is 1. The van der Waals surface area contributed by atoms with Gasteiger partial charge in [-0.2, -0.15) is 0 Å². The van der Waals surface area contributed by atoms with Gasteiger partial charge in [0.2, 0.25) is 5.95 Å². The first-order valence-electron chi connectivity index (χ1n) is 5.67. The molecule has 100 valence electrons. The largest absolute Gasteiger partial charge is 0.477 e. The van der Waals surface area contributed by atoms with Crippen molar-refractivity contribution in [1.82, 2.24) is 20.0 Å². The average molecular weight is 261 g/mol. The zero-order valence-electron chi connectivity index (χ0n) is 10.9. The molecule has 7 nitrogen and oxygen atoms in total. The van der Waals surface area contributed by atoms with Crippen LogP contribution in [0.15, 0.2) is 18.5 Å². The second kappa shape index (κ2) is 5.07. The third-order valence-corrected chi connectivity index (χ3v) is 2.48. The lowest BCUT2D eigenvalue weighted by Crippen LogP contribution is -2.21. The summed E-state index contributed by atoms with van der Waals surface area (Å²) in [6.45, 7) is 1.88. The highest BCUT2D eigenvalue weighted by Gasteiger charge is 2.11. The van der Waals surface area contributed by atoms with E-state index in [0.29, 0.717) is 11.6 Å². The molecule has 0 saturated heterocycles. The number of carbonyl (C=O) groups is 1. The quantitative estimate of drug-likeness (QED) is 0.719. The number of carboxylic acid groups (broad SMARTS) is 1.